The topological polar surface area (TPSA) is 37.3 Å². The smallest absolute Gasteiger partial charge is 0.200 e. The first-order chi connectivity index (χ1) is 9.15. The molecular formula is C15H9BrO2S. The van der Waals surface area contributed by atoms with Crippen LogP contribution in [0.1, 0.15) is 15.9 Å². The van der Waals surface area contributed by atoms with Crippen molar-refractivity contribution < 1.29 is 9.90 Å². The first-order valence-electron chi connectivity index (χ1n) is 5.67. The SMILES string of the molecule is O=C1/C(=C/c2ccc(O)c(Br)c2)Sc2ccccc21. The van der Waals surface area contributed by atoms with Gasteiger partial charge in [-0.05, 0) is 51.8 Å². The second-order valence-electron chi connectivity index (χ2n) is 4.15. The summed E-state index contributed by atoms with van der Waals surface area (Å²) < 4.78 is 0.620. The van der Waals surface area contributed by atoms with E-state index in [0.717, 1.165) is 16.0 Å². The molecule has 0 atom stereocenters. The Hall–Kier alpha value is -1.52. The Morgan fingerprint density at radius 1 is 1.16 bits per heavy atom. The predicted molar refractivity (Wildman–Crippen MR) is 80.4 cm³/mol. The van der Waals surface area contributed by atoms with E-state index in [0.29, 0.717) is 9.38 Å². The van der Waals surface area contributed by atoms with Crippen molar-refractivity contribution in [2.45, 2.75) is 4.90 Å². The van der Waals surface area contributed by atoms with Crippen molar-refractivity contribution in [2.75, 3.05) is 0 Å². The number of thioether (sulfide) groups is 1. The molecule has 1 N–H and O–H groups in total. The van der Waals surface area contributed by atoms with Crippen molar-refractivity contribution >= 4 is 39.6 Å². The van der Waals surface area contributed by atoms with Gasteiger partial charge in [-0.1, -0.05) is 30.0 Å². The van der Waals surface area contributed by atoms with Crippen molar-refractivity contribution in [1.29, 1.82) is 0 Å². The third-order valence-electron chi connectivity index (χ3n) is 2.84. The van der Waals surface area contributed by atoms with E-state index in [1.54, 1.807) is 18.2 Å². The van der Waals surface area contributed by atoms with Crippen molar-refractivity contribution in [1.82, 2.24) is 0 Å². The normalized spacial score (nSPS) is 15.8. The van der Waals surface area contributed by atoms with Crippen LogP contribution in [-0.4, -0.2) is 10.9 Å². The molecule has 0 amide bonds. The molecule has 1 heterocycles. The van der Waals surface area contributed by atoms with Crippen LogP contribution in [0.25, 0.3) is 6.08 Å². The van der Waals surface area contributed by atoms with Crippen molar-refractivity contribution in [3.63, 3.8) is 0 Å². The van der Waals surface area contributed by atoms with E-state index in [9.17, 15) is 9.90 Å². The summed E-state index contributed by atoms with van der Waals surface area (Å²) in [5.74, 6) is 0.251. The number of allylic oxidation sites excluding steroid dienone is 1. The van der Waals surface area contributed by atoms with Crippen LogP contribution in [0.4, 0.5) is 0 Å². The van der Waals surface area contributed by atoms with Crippen molar-refractivity contribution in [3.8, 4) is 5.75 Å². The summed E-state index contributed by atoms with van der Waals surface area (Å²) in [4.78, 5) is 13.9. The van der Waals surface area contributed by atoms with Gasteiger partial charge in [0.1, 0.15) is 5.75 Å². The third kappa shape index (κ3) is 2.33. The summed E-state index contributed by atoms with van der Waals surface area (Å²) in [6.45, 7) is 0. The van der Waals surface area contributed by atoms with Crippen LogP contribution in [-0.2, 0) is 0 Å². The lowest BCUT2D eigenvalue weighted by molar-refractivity contribution is 0.104. The summed E-state index contributed by atoms with van der Waals surface area (Å²) in [5, 5.41) is 9.46. The molecular weight excluding hydrogens is 324 g/mol. The molecule has 0 radical (unpaired) electrons. The minimum atomic E-state index is 0.0600. The number of benzene rings is 2. The molecule has 2 nitrogen and oxygen atoms in total. The summed E-state index contributed by atoms with van der Waals surface area (Å²) in [6.07, 6.45) is 1.84. The summed E-state index contributed by atoms with van der Waals surface area (Å²) in [7, 11) is 0. The monoisotopic (exact) mass is 332 g/mol. The number of hydrogen-bond donors (Lipinski definition) is 1. The first kappa shape index (κ1) is 12.5. The van der Waals surface area contributed by atoms with Crippen LogP contribution in [0.2, 0.25) is 0 Å². The number of Topliss-reactive ketones (excluding diaryl/α,β-unsaturated/α-hetero) is 1. The number of rotatable bonds is 1. The second kappa shape index (κ2) is 4.87. The molecule has 0 saturated carbocycles. The number of carbonyl (C=O) groups is 1. The van der Waals surface area contributed by atoms with Gasteiger partial charge in [-0.25, -0.2) is 0 Å². The number of hydrogen-bond acceptors (Lipinski definition) is 3. The van der Waals surface area contributed by atoms with Crippen LogP contribution in [0.3, 0.4) is 0 Å². The third-order valence-corrected chi connectivity index (χ3v) is 4.58. The molecule has 0 bridgehead atoms. The molecule has 1 aliphatic heterocycles. The highest BCUT2D eigenvalue weighted by atomic mass is 79.9. The number of halogens is 1. The Morgan fingerprint density at radius 2 is 1.95 bits per heavy atom. The maximum atomic E-state index is 12.2. The number of fused-ring (bicyclic) bond motifs is 1. The summed E-state index contributed by atoms with van der Waals surface area (Å²) in [6, 6.07) is 12.8. The highest BCUT2D eigenvalue weighted by molar-refractivity contribution is 9.10. The lowest BCUT2D eigenvalue weighted by atomic mass is 10.1. The van der Waals surface area contributed by atoms with Gasteiger partial charge in [-0.2, -0.15) is 0 Å². The number of carbonyl (C=O) groups excluding carboxylic acids is 1. The molecule has 0 unspecified atom stereocenters. The van der Waals surface area contributed by atoms with E-state index in [4.69, 9.17) is 0 Å². The quantitative estimate of drug-likeness (QED) is 0.782. The van der Waals surface area contributed by atoms with Crippen LogP contribution in [0, 0.1) is 0 Å². The number of phenolic OH excluding ortho intramolecular Hbond substituents is 1. The van der Waals surface area contributed by atoms with Gasteiger partial charge in [0, 0.05) is 10.5 Å². The maximum absolute atomic E-state index is 12.2. The van der Waals surface area contributed by atoms with Gasteiger partial charge in [0.25, 0.3) is 0 Å². The van der Waals surface area contributed by atoms with E-state index in [1.807, 2.05) is 30.3 Å². The maximum Gasteiger partial charge on any atom is 0.200 e. The standard InChI is InChI=1S/C15H9BrO2S/c16-11-7-9(5-6-12(11)17)8-14-15(18)10-3-1-2-4-13(10)19-14/h1-8,17H/b14-8-. The van der Waals surface area contributed by atoms with E-state index in [-0.39, 0.29) is 11.5 Å². The van der Waals surface area contributed by atoms with E-state index in [2.05, 4.69) is 15.9 Å². The zero-order valence-electron chi connectivity index (χ0n) is 9.76. The van der Waals surface area contributed by atoms with Crippen LogP contribution in [0.5, 0.6) is 5.75 Å². The molecule has 4 heteroatoms. The van der Waals surface area contributed by atoms with E-state index >= 15 is 0 Å². The zero-order chi connectivity index (χ0) is 13.4. The Labute approximate surface area is 123 Å². The molecule has 0 fully saturated rings. The lowest BCUT2D eigenvalue weighted by Crippen LogP contribution is -1.93. The predicted octanol–water partition coefficient (Wildman–Crippen LogP) is 4.48. The van der Waals surface area contributed by atoms with E-state index < -0.39 is 0 Å². The fourth-order valence-electron chi connectivity index (χ4n) is 1.90. The molecule has 0 aromatic heterocycles. The molecule has 2 aromatic carbocycles. The highest BCUT2D eigenvalue weighted by Gasteiger charge is 2.25. The molecule has 19 heavy (non-hydrogen) atoms. The van der Waals surface area contributed by atoms with E-state index in [1.165, 1.54) is 11.8 Å². The largest absolute Gasteiger partial charge is 0.507 e. The fourth-order valence-corrected chi connectivity index (χ4v) is 3.35. The minimum Gasteiger partial charge on any atom is -0.507 e. The van der Waals surface area contributed by atoms with Gasteiger partial charge >= 0.3 is 0 Å². The Morgan fingerprint density at radius 3 is 2.68 bits per heavy atom. The minimum absolute atomic E-state index is 0.0600. The van der Waals surface area contributed by atoms with Gasteiger partial charge in [0.15, 0.2) is 0 Å². The Kier molecular flexibility index (Phi) is 3.21. The molecule has 0 saturated heterocycles. The molecule has 0 spiro atoms. The fraction of sp³-hybridized carbons (Fsp3) is 0. The van der Waals surface area contributed by atoms with Gasteiger partial charge in [0.2, 0.25) is 5.78 Å². The van der Waals surface area contributed by atoms with Crippen LogP contribution >= 0.6 is 27.7 Å². The van der Waals surface area contributed by atoms with Crippen molar-refractivity contribution in [2.24, 2.45) is 0 Å². The highest BCUT2D eigenvalue weighted by Crippen LogP contribution is 2.40. The number of ketones is 1. The number of aromatic hydroxyl groups is 1. The number of phenols is 1. The second-order valence-corrected chi connectivity index (χ2v) is 6.08. The zero-order valence-corrected chi connectivity index (χ0v) is 12.2. The molecule has 0 aliphatic carbocycles. The van der Waals surface area contributed by atoms with Gasteiger partial charge in [-0.15, -0.1) is 0 Å². The summed E-state index contributed by atoms with van der Waals surface area (Å²) >= 11 is 4.75. The first-order valence-corrected chi connectivity index (χ1v) is 7.28. The van der Waals surface area contributed by atoms with Gasteiger partial charge in [-0.3, -0.25) is 4.79 Å². The molecule has 94 valence electrons. The van der Waals surface area contributed by atoms with Gasteiger partial charge in [0.05, 0.1) is 9.38 Å². The lowest BCUT2D eigenvalue weighted by Gasteiger charge is -1.99. The molecule has 1 aliphatic rings. The van der Waals surface area contributed by atoms with Crippen molar-refractivity contribution in [3.05, 3.63) is 63.0 Å². The average Bonchev–Trinajstić information content (AvgIpc) is 2.72. The molecule has 2 aromatic rings. The van der Waals surface area contributed by atoms with Crippen LogP contribution < -0.4 is 0 Å². The Balaban J connectivity index is 1.98. The Bertz CT molecular complexity index is 707. The van der Waals surface area contributed by atoms with Crippen LogP contribution in [0.15, 0.2) is 56.7 Å². The molecule has 3 rings (SSSR count). The average molecular weight is 333 g/mol. The van der Waals surface area contributed by atoms with Gasteiger partial charge < -0.3 is 5.11 Å². The summed E-state index contributed by atoms with van der Waals surface area (Å²) in [5.41, 5.74) is 1.64.